The lowest BCUT2D eigenvalue weighted by Gasteiger charge is -2.09. The Morgan fingerprint density at radius 1 is 0.828 bits per heavy atom. The van der Waals surface area contributed by atoms with Gasteiger partial charge in [0.1, 0.15) is 12.4 Å². The van der Waals surface area contributed by atoms with Gasteiger partial charge in [0.05, 0.1) is 0 Å². The van der Waals surface area contributed by atoms with Gasteiger partial charge in [-0.2, -0.15) is 0 Å². The highest BCUT2D eigenvalue weighted by atomic mass is 16.5. The second kappa shape index (κ2) is 13.4. The van der Waals surface area contributed by atoms with Gasteiger partial charge in [0.2, 0.25) is 11.8 Å². The summed E-state index contributed by atoms with van der Waals surface area (Å²) in [6, 6.07) is 17.2. The van der Waals surface area contributed by atoms with Crippen molar-refractivity contribution in [1.29, 1.82) is 0 Å². The van der Waals surface area contributed by atoms with Crippen LogP contribution in [0.1, 0.15) is 57.4 Å². The van der Waals surface area contributed by atoms with E-state index < -0.39 is 0 Å². The Hall–Kier alpha value is -2.82. The monoisotopic (exact) mass is 396 g/mol. The van der Waals surface area contributed by atoms with Crippen LogP contribution in [0.25, 0.3) is 0 Å². The number of rotatable bonds is 13. The summed E-state index contributed by atoms with van der Waals surface area (Å²) in [5.74, 6) is 0.506. The molecule has 0 fully saturated rings. The highest BCUT2D eigenvalue weighted by Crippen LogP contribution is 2.17. The van der Waals surface area contributed by atoms with E-state index in [2.05, 4.69) is 17.6 Å². The second-order valence-electron chi connectivity index (χ2n) is 7.11. The van der Waals surface area contributed by atoms with E-state index in [0.717, 1.165) is 24.2 Å². The fourth-order valence-electron chi connectivity index (χ4n) is 2.87. The van der Waals surface area contributed by atoms with Gasteiger partial charge in [0.15, 0.2) is 0 Å². The van der Waals surface area contributed by atoms with Gasteiger partial charge in [-0.25, -0.2) is 0 Å². The van der Waals surface area contributed by atoms with Gasteiger partial charge in [-0.3, -0.25) is 9.59 Å². The van der Waals surface area contributed by atoms with Crippen LogP contribution < -0.4 is 15.4 Å². The van der Waals surface area contributed by atoms with E-state index in [4.69, 9.17) is 4.74 Å². The maximum Gasteiger partial charge on any atom is 0.224 e. The van der Waals surface area contributed by atoms with E-state index in [1.165, 1.54) is 19.3 Å². The average Bonchev–Trinajstić information content (AvgIpc) is 2.75. The zero-order valence-electron chi connectivity index (χ0n) is 17.3. The molecule has 0 aromatic heterocycles. The molecule has 2 amide bonds. The van der Waals surface area contributed by atoms with Gasteiger partial charge >= 0.3 is 0 Å². The number of benzene rings is 2. The van der Waals surface area contributed by atoms with Crippen LogP contribution in [0, 0.1) is 0 Å². The van der Waals surface area contributed by atoms with Crippen molar-refractivity contribution in [3.8, 4) is 5.75 Å². The Morgan fingerprint density at radius 3 is 2.24 bits per heavy atom. The molecule has 0 spiro atoms. The maximum atomic E-state index is 12.0. The van der Waals surface area contributed by atoms with Crippen LogP contribution in [0.3, 0.4) is 0 Å². The number of nitrogens with one attached hydrogen (secondary N) is 2. The molecule has 0 bridgehead atoms. The van der Waals surface area contributed by atoms with Crippen molar-refractivity contribution in [3.63, 3.8) is 0 Å². The predicted molar refractivity (Wildman–Crippen MR) is 117 cm³/mol. The van der Waals surface area contributed by atoms with Gasteiger partial charge < -0.3 is 15.4 Å². The minimum atomic E-state index is -0.166. The summed E-state index contributed by atoms with van der Waals surface area (Å²) in [6.07, 6.45) is 6.19. The summed E-state index contributed by atoms with van der Waals surface area (Å²) in [5, 5.41) is 5.69. The largest absolute Gasteiger partial charge is 0.489 e. The lowest BCUT2D eigenvalue weighted by molar-refractivity contribution is -0.124. The number of amides is 2. The third kappa shape index (κ3) is 9.79. The van der Waals surface area contributed by atoms with Crippen LogP contribution in [0.5, 0.6) is 5.75 Å². The number of hydrogen-bond donors (Lipinski definition) is 2. The molecule has 5 heteroatoms. The third-order valence-corrected chi connectivity index (χ3v) is 4.57. The van der Waals surface area contributed by atoms with E-state index >= 15 is 0 Å². The molecule has 0 aliphatic carbocycles. The molecule has 0 aliphatic heterocycles. The fraction of sp³-hybridized carbons (Fsp3) is 0.417. The number of carbonyl (C=O) groups excluding carboxylic acids is 2. The zero-order chi connectivity index (χ0) is 20.7. The van der Waals surface area contributed by atoms with E-state index in [9.17, 15) is 9.59 Å². The SMILES string of the molecule is CCCCCCCNC(=O)CCC(=O)Nc1ccc(OCc2ccccc2)cc1. The van der Waals surface area contributed by atoms with E-state index in [0.29, 0.717) is 18.8 Å². The standard InChI is InChI=1S/C24H32N2O3/c1-2-3-4-5-9-18-25-23(27)16-17-24(28)26-21-12-14-22(15-13-21)29-19-20-10-7-6-8-11-20/h6-8,10-15H,2-5,9,16-19H2,1H3,(H,25,27)(H,26,28). The first kappa shape index (κ1) is 22.5. The molecule has 0 atom stereocenters. The van der Waals surface area contributed by atoms with Crippen LogP contribution in [0.4, 0.5) is 5.69 Å². The number of carbonyl (C=O) groups is 2. The molecule has 2 N–H and O–H groups in total. The van der Waals surface area contributed by atoms with Crippen molar-refractivity contribution in [2.75, 3.05) is 11.9 Å². The average molecular weight is 397 g/mol. The summed E-state index contributed by atoms with van der Waals surface area (Å²) in [7, 11) is 0. The molecule has 156 valence electrons. The minimum absolute atomic E-state index is 0.0692. The Morgan fingerprint density at radius 2 is 1.52 bits per heavy atom. The third-order valence-electron chi connectivity index (χ3n) is 4.57. The molecule has 29 heavy (non-hydrogen) atoms. The smallest absolute Gasteiger partial charge is 0.224 e. The summed E-state index contributed by atoms with van der Waals surface area (Å²) >= 11 is 0. The Bertz CT molecular complexity index is 730. The van der Waals surface area contributed by atoms with Gasteiger partial charge in [0.25, 0.3) is 0 Å². The molecule has 0 radical (unpaired) electrons. The van der Waals surface area contributed by atoms with Gasteiger partial charge in [-0.15, -0.1) is 0 Å². The van der Waals surface area contributed by atoms with Crippen LogP contribution in [0.2, 0.25) is 0 Å². The molecule has 2 aromatic rings. The first-order valence-corrected chi connectivity index (χ1v) is 10.5. The quantitative estimate of drug-likeness (QED) is 0.465. The normalized spacial score (nSPS) is 10.4. The van der Waals surface area contributed by atoms with E-state index in [-0.39, 0.29) is 24.7 Å². The zero-order valence-corrected chi connectivity index (χ0v) is 17.3. The minimum Gasteiger partial charge on any atom is -0.489 e. The molecule has 5 nitrogen and oxygen atoms in total. The van der Waals surface area contributed by atoms with Gasteiger partial charge in [0, 0.05) is 25.1 Å². The number of ether oxygens (including phenoxy) is 1. The molecule has 0 unspecified atom stereocenters. The molecule has 0 saturated carbocycles. The lowest BCUT2D eigenvalue weighted by Crippen LogP contribution is -2.25. The fourth-order valence-corrected chi connectivity index (χ4v) is 2.87. The van der Waals surface area contributed by atoms with Gasteiger partial charge in [-0.05, 0) is 36.2 Å². The van der Waals surface area contributed by atoms with Crippen LogP contribution in [0.15, 0.2) is 54.6 Å². The van der Waals surface area contributed by atoms with E-state index in [1.54, 1.807) is 12.1 Å². The maximum absolute atomic E-state index is 12.0. The summed E-state index contributed by atoms with van der Waals surface area (Å²) in [4.78, 5) is 23.9. The molecule has 2 aromatic carbocycles. The Labute approximate surface area is 173 Å². The first-order valence-electron chi connectivity index (χ1n) is 10.5. The van der Waals surface area contributed by atoms with Crippen molar-refractivity contribution < 1.29 is 14.3 Å². The number of unbranched alkanes of at least 4 members (excludes halogenated alkanes) is 4. The molecular weight excluding hydrogens is 364 g/mol. The van der Waals surface area contributed by atoms with Crippen LogP contribution in [-0.2, 0) is 16.2 Å². The first-order chi connectivity index (χ1) is 14.2. The van der Waals surface area contributed by atoms with Gasteiger partial charge in [-0.1, -0.05) is 62.9 Å². The number of anilines is 1. The second-order valence-corrected chi connectivity index (χ2v) is 7.11. The Kier molecular flexibility index (Phi) is 10.4. The number of hydrogen-bond acceptors (Lipinski definition) is 3. The molecule has 2 rings (SSSR count). The summed E-state index contributed by atoms with van der Waals surface area (Å²) in [5.41, 5.74) is 1.79. The summed E-state index contributed by atoms with van der Waals surface area (Å²) in [6.45, 7) is 3.37. The highest BCUT2D eigenvalue weighted by Gasteiger charge is 2.07. The topological polar surface area (TPSA) is 67.4 Å². The van der Waals surface area contributed by atoms with Crippen molar-refractivity contribution in [2.24, 2.45) is 0 Å². The molecular formula is C24H32N2O3. The van der Waals surface area contributed by atoms with Crippen molar-refractivity contribution in [3.05, 3.63) is 60.2 Å². The van der Waals surface area contributed by atoms with Crippen molar-refractivity contribution >= 4 is 17.5 Å². The predicted octanol–water partition coefficient (Wildman–Crippen LogP) is 5.07. The molecule has 0 saturated heterocycles. The van der Waals surface area contributed by atoms with Crippen LogP contribution in [-0.4, -0.2) is 18.4 Å². The summed E-state index contributed by atoms with van der Waals surface area (Å²) < 4.78 is 5.73. The molecule has 0 heterocycles. The van der Waals surface area contributed by atoms with E-state index in [1.807, 2.05) is 42.5 Å². The molecule has 0 aliphatic rings. The van der Waals surface area contributed by atoms with Crippen molar-refractivity contribution in [1.82, 2.24) is 5.32 Å². The Balaban J connectivity index is 1.61. The van der Waals surface area contributed by atoms with Crippen LogP contribution >= 0.6 is 0 Å². The van der Waals surface area contributed by atoms with Crippen molar-refractivity contribution in [2.45, 2.75) is 58.5 Å². The lowest BCUT2D eigenvalue weighted by atomic mass is 10.1. The highest BCUT2D eigenvalue weighted by molar-refractivity contribution is 5.93.